The Hall–Kier alpha value is -1.48. The van der Waals surface area contributed by atoms with Crippen molar-refractivity contribution in [3.05, 3.63) is 35.4 Å². The molecular formula is C17H21NO2. The SMILES string of the molecule is C[C@H]1C=C[C@@]23CCN(C)Cc4ccc(O)c(c42)O[C@H]3C1. The summed E-state index contributed by atoms with van der Waals surface area (Å²) < 4.78 is 6.20. The number of benzene rings is 1. The van der Waals surface area contributed by atoms with E-state index < -0.39 is 0 Å². The van der Waals surface area contributed by atoms with Gasteiger partial charge in [-0.3, -0.25) is 0 Å². The van der Waals surface area contributed by atoms with Crippen molar-refractivity contribution in [2.24, 2.45) is 5.92 Å². The molecule has 0 amide bonds. The number of hydrogen-bond donors (Lipinski definition) is 1. The van der Waals surface area contributed by atoms with Crippen LogP contribution in [0.3, 0.4) is 0 Å². The van der Waals surface area contributed by atoms with Crippen molar-refractivity contribution in [2.45, 2.75) is 37.8 Å². The zero-order valence-corrected chi connectivity index (χ0v) is 12.1. The van der Waals surface area contributed by atoms with Crippen LogP contribution in [0.5, 0.6) is 11.5 Å². The Bertz CT molecular complexity index is 595. The molecule has 0 bridgehead atoms. The van der Waals surface area contributed by atoms with E-state index in [2.05, 4.69) is 37.1 Å². The summed E-state index contributed by atoms with van der Waals surface area (Å²) in [4.78, 5) is 2.36. The molecule has 106 valence electrons. The van der Waals surface area contributed by atoms with Crippen LogP contribution in [-0.2, 0) is 12.0 Å². The number of ether oxygens (including phenoxy) is 1. The van der Waals surface area contributed by atoms with Crippen molar-refractivity contribution in [3.63, 3.8) is 0 Å². The maximum Gasteiger partial charge on any atom is 0.165 e. The van der Waals surface area contributed by atoms with Crippen LogP contribution in [0, 0.1) is 5.92 Å². The molecule has 1 aromatic rings. The van der Waals surface area contributed by atoms with Crippen LogP contribution >= 0.6 is 0 Å². The Morgan fingerprint density at radius 1 is 1.40 bits per heavy atom. The summed E-state index contributed by atoms with van der Waals surface area (Å²) >= 11 is 0. The number of hydrogen-bond acceptors (Lipinski definition) is 3. The minimum Gasteiger partial charge on any atom is -0.504 e. The third kappa shape index (κ3) is 1.50. The molecule has 3 nitrogen and oxygen atoms in total. The number of nitrogens with zero attached hydrogens (tertiary/aromatic N) is 1. The first-order valence-electron chi connectivity index (χ1n) is 7.50. The van der Waals surface area contributed by atoms with Crippen molar-refractivity contribution in [1.29, 1.82) is 0 Å². The molecule has 20 heavy (non-hydrogen) atoms. The fourth-order valence-electron chi connectivity index (χ4n) is 4.10. The summed E-state index contributed by atoms with van der Waals surface area (Å²) in [6, 6.07) is 3.85. The predicted octanol–water partition coefficient (Wildman–Crippen LogP) is 2.82. The van der Waals surface area contributed by atoms with Gasteiger partial charge in [0.15, 0.2) is 11.5 Å². The highest BCUT2D eigenvalue weighted by Gasteiger charge is 2.52. The zero-order valence-electron chi connectivity index (χ0n) is 12.1. The van der Waals surface area contributed by atoms with E-state index in [1.54, 1.807) is 6.07 Å². The maximum absolute atomic E-state index is 10.2. The van der Waals surface area contributed by atoms with Gasteiger partial charge in [0.05, 0.1) is 5.41 Å². The second-order valence-corrected chi connectivity index (χ2v) is 6.65. The topological polar surface area (TPSA) is 32.7 Å². The summed E-state index contributed by atoms with van der Waals surface area (Å²) in [5.41, 5.74) is 2.52. The van der Waals surface area contributed by atoms with Crippen molar-refractivity contribution in [2.75, 3.05) is 13.6 Å². The normalized spacial score (nSPS) is 35.1. The van der Waals surface area contributed by atoms with E-state index in [9.17, 15) is 5.11 Å². The largest absolute Gasteiger partial charge is 0.504 e. The van der Waals surface area contributed by atoms with Gasteiger partial charge < -0.3 is 14.7 Å². The third-order valence-electron chi connectivity index (χ3n) is 5.18. The van der Waals surface area contributed by atoms with Gasteiger partial charge in [-0.05, 0) is 44.0 Å². The van der Waals surface area contributed by atoms with Crippen molar-refractivity contribution >= 4 is 0 Å². The van der Waals surface area contributed by atoms with E-state index in [-0.39, 0.29) is 11.5 Å². The molecule has 0 radical (unpaired) electrons. The van der Waals surface area contributed by atoms with E-state index in [1.807, 2.05) is 0 Å². The Balaban J connectivity index is 1.96. The molecule has 1 spiro atoms. The molecule has 0 saturated heterocycles. The van der Waals surface area contributed by atoms with Crippen molar-refractivity contribution < 1.29 is 9.84 Å². The average Bonchev–Trinajstić information content (AvgIpc) is 2.68. The highest BCUT2D eigenvalue weighted by atomic mass is 16.5. The lowest BCUT2D eigenvalue weighted by atomic mass is 9.68. The minimum absolute atomic E-state index is 0.0271. The third-order valence-corrected chi connectivity index (χ3v) is 5.18. The first kappa shape index (κ1) is 12.3. The summed E-state index contributed by atoms with van der Waals surface area (Å²) in [5.74, 6) is 1.58. The van der Waals surface area contributed by atoms with Crippen LogP contribution in [0.4, 0.5) is 0 Å². The molecule has 2 aliphatic heterocycles. The number of phenolic OH excluding ortho intramolecular Hbond substituents is 1. The summed E-state index contributed by atoms with van der Waals surface area (Å²) in [5, 5.41) is 10.2. The molecule has 0 unspecified atom stereocenters. The molecule has 4 rings (SSSR count). The van der Waals surface area contributed by atoms with Crippen LogP contribution in [0.25, 0.3) is 0 Å². The fraction of sp³-hybridized carbons (Fsp3) is 0.529. The monoisotopic (exact) mass is 271 g/mol. The second kappa shape index (κ2) is 4.01. The van der Waals surface area contributed by atoms with Crippen LogP contribution in [0.1, 0.15) is 30.9 Å². The van der Waals surface area contributed by atoms with Crippen LogP contribution in [0.15, 0.2) is 24.3 Å². The molecular weight excluding hydrogens is 250 g/mol. The van der Waals surface area contributed by atoms with Gasteiger partial charge in [0.1, 0.15) is 6.10 Å². The van der Waals surface area contributed by atoms with Gasteiger partial charge in [0.2, 0.25) is 0 Å². The highest BCUT2D eigenvalue weighted by Crippen LogP contribution is 2.55. The van der Waals surface area contributed by atoms with E-state index in [1.165, 1.54) is 11.1 Å². The minimum atomic E-state index is -0.0271. The Morgan fingerprint density at radius 3 is 3.10 bits per heavy atom. The Morgan fingerprint density at radius 2 is 2.25 bits per heavy atom. The first-order valence-corrected chi connectivity index (χ1v) is 7.50. The van der Waals surface area contributed by atoms with Gasteiger partial charge in [-0.15, -0.1) is 0 Å². The molecule has 3 aliphatic rings. The van der Waals surface area contributed by atoms with E-state index in [0.29, 0.717) is 11.7 Å². The first-order chi connectivity index (χ1) is 9.60. The molecule has 0 saturated carbocycles. The molecule has 2 heterocycles. The Kier molecular flexibility index (Phi) is 2.46. The summed E-state index contributed by atoms with van der Waals surface area (Å²) in [6.07, 6.45) is 6.97. The quantitative estimate of drug-likeness (QED) is 0.737. The maximum atomic E-state index is 10.2. The van der Waals surface area contributed by atoms with Crippen molar-refractivity contribution in [3.8, 4) is 11.5 Å². The second-order valence-electron chi connectivity index (χ2n) is 6.65. The zero-order chi connectivity index (χ0) is 13.9. The van der Waals surface area contributed by atoms with Gasteiger partial charge >= 0.3 is 0 Å². The van der Waals surface area contributed by atoms with E-state index in [4.69, 9.17) is 4.74 Å². The summed E-state index contributed by atoms with van der Waals surface area (Å²) in [7, 11) is 2.17. The standard InChI is InChI=1S/C17H21NO2/c1-11-5-6-17-7-8-18(2)10-12-3-4-13(19)16(15(12)17)20-14(17)9-11/h3-6,11,14,19H,7-10H2,1-2H3/t11-,14-,17-/m0/s1. The predicted molar refractivity (Wildman–Crippen MR) is 78.1 cm³/mol. The smallest absolute Gasteiger partial charge is 0.165 e. The summed E-state index contributed by atoms with van der Waals surface area (Å²) in [6.45, 7) is 4.23. The van der Waals surface area contributed by atoms with Gasteiger partial charge in [-0.25, -0.2) is 0 Å². The van der Waals surface area contributed by atoms with Gasteiger partial charge in [-0.2, -0.15) is 0 Å². The van der Waals surface area contributed by atoms with E-state index in [0.717, 1.165) is 31.7 Å². The number of allylic oxidation sites excluding steroid dienone is 1. The average molecular weight is 271 g/mol. The lowest BCUT2D eigenvalue weighted by Crippen LogP contribution is -2.41. The van der Waals surface area contributed by atoms with Gasteiger partial charge in [-0.1, -0.05) is 25.1 Å². The Labute approximate surface area is 119 Å². The number of aromatic hydroxyl groups is 1. The molecule has 0 fully saturated rings. The van der Waals surface area contributed by atoms with Gasteiger partial charge in [0, 0.05) is 12.1 Å². The number of rotatable bonds is 0. The molecule has 1 aliphatic carbocycles. The van der Waals surface area contributed by atoms with Gasteiger partial charge in [0.25, 0.3) is 0 Å². The highest BCUT2D eigenvalue weighted by molar-refractivity contribution is 5.60. The van der Waals surface area contributed by atoms with E-state index >= 15 is 0 Å². The van der Waals surface area contributed by atoms with Crippen molar-refractivity contribution in [1.82, 2.24) is 4.90 Å². The molecule has 1 aromatic carbocycles. The van der Waals surface area contributed by atoms with Crippen LogP contribution in [-0.4, -0.2) is 29.7 Å². The molecule has 3 heteroatoms. The van der Waals surface area contributed by atoms with Crippen LogP contribution in [0.2, 0.25) is 0 Å². The molecule has 1 N–H and O–H groups in total. The van der Waals surface area contributed by atoms with Crippen LogP contribution < -0.4 is 4.74 Å². The fourth-order valence-corrected chi connectivity index (χ4v) is 4.10. The number of phenols is 1. The molecule has 0 aromatic heterocycles. The molecule has 3 atom stereocenters. The lowest BCUT2D eigenvalue weighted by molar-refractivity contribution is 0.127. The lowest BCUT2D eigenvalue weighted by Gasteiger charge is -2.36.